The van der Waals surface area contributed by atoms with Crippen LogP contribution < -0.4 is 9.46 Å². The fourth-order valence-electron chi connectivity index (χ4n) is 4.57. The van der Waals surface area contributed by atoms with E-state index >= 15 is 0 Å². The smallest absolute Gasteiger partial charge is 0.343 e. The first kappa shape index (κ1) is 26.4. The molecule has 0 radical (unpaired) electrons. The van der Waals surface area contributed by atoms with Crippen molar-refractivity contribution in [3.05, 3.63) is 71.4 Å². The van der Waals surface area contributed by atoms with Gasteiger partial charge < -0.3 is 18.6 Å². The number of carbonyl (C=O) groups excluding carboxylic acids is 2. The summed E-state index contributed by atoms with van der Waals surface area (Å²) in [5, 5.41) is 0. The third-order valence-electron chi connectivity index (χ3n) is 6.35. The number of benzene rings is 2. The zero-order valence-corrected chi connectivity index (χ0v) is 21.9. The van der Waals surface area contributed by atoms with Crippen molar-refractivity contribution in [1.29, 1.82) is 0 Å². The minimum Gasteiger partial charge on any atom is -0.484 e. The predicted molar refractivity (Wildman–Crippen MR) is 138 cm³/mol. The summed E-state index contributed by atoms with van der Waals surface area (Å²) in [6, 6.07) is 8.10. The molecule has 2 aliphatic heterocycles. The zero-order valence-electron chi connectivity index (χ0n) is 21.1. The summed E-state index contributed by atoms with van der Waals surface area (Å²) in [5.41, 5.74) is 1.26. The molecular formula is C27H25FN2O8S. The number of hydrogen-bond donors (Lipinski definition) is 1. The summed E-state index contributed by atoms with van der Waals surface area (Å²) in [4.78, 5) is 25.6. The number of esters is 2. The SMILES string of the molecule is COC(=O)c1c(NS(=O)(=O)c2ccc(F)cc2/C=C\CN2CC(OC(C)=O)C2)ccc2c1OCc1occc1-2. The first-order chi connectivity index (χ1) is 18.7. The van der Waals surface area contributed by atoms with Gasteiger partial charge in [0.2, 0.25) is 0 Å². The molecule has 2 aromatic carbocycles. The van der Waals surface area contributed by atoms with Crippen LogP contribution in [0.1, 0.15) is 28.6 Å². The monoisotopic (exact) mass is 556 g/mol. The molecule has 10 nitrogen and oxygen atoms in total. The Morgan fingerprint density at radius 1 is 1.18 bits per heavy atom. The van der Waals surface area contributed by atoms with E-state index in [1.54, 1.807) is 18.2 Å². The topological polar surface area (TPSA) is 124 Å². The maximum absolute atomic E-state index is 14.1. The normalized spacial score (nSPS) is 15.2. The lowest BCUT2D eigenvalue weighted by molar-refractivity contribution is -0.154. The number of rotatable bonds is 8. The minimum absolute atomic E-state index is 0.0520. The molecule has 0 atom stereocenters. The lowest BCUT2D eigenvalue weighted by atomic mass is 9.98. The number of hydrogen-bond acceptors (Lipinski definition) is 9. The molecule has 1 N–H and O–H groups in total. The number of nitrogens with zero attached hydrogens (tertiary/aromatic N) is 1. The third kappa shape index (κ3) is 5.38. The highest BCUT2D eigenvalue weighted by molar-refractivity contribution is 7.92. The van der Waals surface area contributed by atoms with Crippen molar-refractivity contribution in [2.75, 3.05) is 31.5 Å². The lowest BCUT2D eigenvalue weighted by Gasteiger charge is -2.37. The van der Waals surface area contributed by atoms with E-state index in [1.807, 2.05) is 4.90 Å². The van der Waals surface area contributed by atoms with E-state index in [0.29, 0.717) is 31.0 Å². The molecule has 5 rings (SSSR count). The second-order valence-electron chi connectivity index (χ2n) is 9.04. The fraction of sp³-hybridized carbons (Fsp3) is 0.259. The Kier molecular flexibility index (Phi) is 7.15. The van der Waals surface area contributed by atoms with Crippen molar-refractivity contribution in [2.24, 2.45) is 0 Å². The van der Waals surface area contributed by atoms with Gasteiger partial charge in [0.05, 0.1) is 24.0 Å². The quantitative estimate of drug-likeness (QED) is 0.412. The molecule has 0 bridgehead atoms. The fourth-order valence-corrected chi connectivity index (χ4v) is 5.82. The number of methoxy groups -OCH3 is 1. The molecule has 204 valence electrons. The summed E-state index contributed by atoms with van der Waals surface area (Å²) >= 11 is 0. The van der Waals surface area contributed by atoms with Crippen LogP contribution in [0.3, 0.4) is 0 Å². The van der Waals surface area contributed by atoms with Gasteiger partial charge in [-0.2, -0.15) is 0 Å². The Morgan fingerprint density at radius 2 is 1.97 bits per heavy atom. The summed E-state index contributed by atoms with van der Waals surface area (Å²) in [5.74, 6) is -1.01. The third-order valence-corrected chi connectivity index (χ3v) is 7.79. The van der Waals surface area contributed by atoms with Crippen molar-refractivity contribution in [3.8, 4) is 16.9 Å². The van der Waals surface area contributed by atoms with Gasteiger partial charge >= 0.3 is 11.9 Å². The van der Waals surface area contributed by atoms with Gasteiger partial charge in [-0.25, -0.2) is 17.6 Å². The predicted octanol–water partition coefficient (Wildman–Crippen LogP) is 3.83. The van der Waals surface area contributed by atoms with Gasteiger partial charge in [0, 0.05) is 37.7 Å². The van der Waals surface area contributed by atoms with E-state index in [-0.39, 0.29) is 46.1 Å². The Balaban J connectivity index is 1.41. The molecular weight excluding hydrogens is 531 g/mol. The first-order valence-electron chi connectivity index (χ1n) is 12.0. The summed E-state index contributed by atoms with van der Waals surface area (Å²) in [7, 11) is -3.10. The van der Waals surface area contributed by atoms with Crippen LogP contribution in [-0.4, -0.2) is 58.1 Å². The van der Waals surface area contributed by atoms with Crippen LogP contribution in [-0.2, 0) is 30.9 Å². The zero-order chi connectivity index (χ0) is 27.7. The van der Waals surface area contributed by atoms with E-state index < -0.39 is 21.8 Å². The Morgan fingerprint density at radius 3 is 2.72 bits per heavy atom. The van der Waals surface area contributed by atoms with Crippen LogP contribution in [0, 0.1) is 5.82 Å². The van der Waals surface area contributed by atoms with E-state index in [1.165, 1.54) is 32.4 Å². The molecule has 0 saturated carbocycles. The molecule has 0 unspecified atom stereocenters. The number of anilines is 1. The van der Waals surface area contributed by atoms with Crippen molar-refractivity contribution in [1.82, 2.24) is 4.90 Å². The molecule has 39 heavy (non-hydrogen) atoms. The highest BCUT2D eigenvalue weighted by Gasteiger charge is 2.31. The molecule has 0 amide bonds. The Hall–Kier alpha value is -4.16. The molecule has 2 aliphatic rings. The number of ether oxygens (including phenoxy) is 3. The van der Waals surface area contributed by atoms with Crippen molar-refractivity contribution >= 4 is 33.7 Å². The Labute approximate surface area is 224 Å². The number of furan rings is 1. The van der Waals surface area contributed by atoms with Gasteiger partial charge in [0.25, 0.3) is 10.0 Å². The van der Waals surface area contributed by atoms with Crippen LogP contribution in [0.25, 0.3) is 17.2 Å². The van der Waals surface area contributed by atoms with Gasteiger partial charge in [0.1, 0.15) is 35.6 Å². The highest BCUT2D eigenvalue weighted by atomic mass is 32.2. The van der Waals surface area contributed by atoms with Crippen molar-refractivity contribution in [2.45, 2.75) is 24.5 Å². The molecule has 0 aliphatic carbocycles. The van der Waals surface area contributed by atoms with Crippen LogP contribution >= 0.6 is 0 Å². The number of nitrogens with one attached hydrogen (secondary N) is 1. The molecule has 3 aromatic rings. The lowest BCUT2D eigenvalue weighted by Crippen LogP contribution is -2.52. The first-order valence-corrected chi connectivity index (χ1v) is 13.5. The van der Waals surface area contributed by atoms with Crippen LogP contribution in [0.2, 0.25) is 0 Å². The van der Waals surface area contributed by atoms with Gasteiger partial charge in [-0.15, -0.1) is 0 Å². The number of likely N-dealkylation sites (tertiary alicyclic amines) is 1. The van der Waals surface area contributed by atoms with Crippen LogP contribution in [0.15, 0.2) is 58.1 Å². The van der Waals surface area contributed by atoms with Crippen LogP contribution in [0.5, 0.6) is 5.75 Å². The highest BCUT2D eigenvalue weighted by Crippen LogP contribution is 2.43. The van der Waals surface area contributed by atoms with Crippen molar-refractivity contribution < 1.29 is 41.0 Å². The number of sulfonamides is 1. The molecule has 1 aromatic heterocycles. The van der Waals surface area contributed by atoms with E-state index in [4.69, 9.17) is 18.6 Å². The molecule has 3 heterocycles. The number of halogens is 1. The maximum Gasteiger partial charge on any atom is 0.343 e. The molecule has 1 fully saturated rings. The molecule has 12 heteroatoms. The second-order valence-corrected chi connectivity index (χ2v) is 10.7. The second kappa shape index (κ2) is 10.5. The van der Waals surface area contributed by atoms with Gasteiger partial charge in [0.15, 0.2) is 0 Å². The summed E-state index contributed by atoms with van der Waals surface area (Å²) < 4.78 is 64.7. The maximum atomic E-state index is 14.1. The minimum atomic E-state index is -4.29. The standard InChI is InChI=1S/C27H25FN2O8S/c1-16(31)38-19-13-30(14-19)10-3-4-17-12-18(28)5-8-24(17)39(33,34)29-22-7-6-21-20-9-11-36-23(20)15-37-26(21)25(22)27(32)35-2/h3-9,11-12,19,29H,10,13-15H2,1-2H3/b4-3-. The number of fused-ring (bicyclic) bond motifs is 3. The molecule has 0 spiro atoms. The van der Waals surface area contributed by atoms with E-state index in [9.17, 15) is 22.4 Å². The average Bonchev–Trinajstić information content (AvgIpc) is 3.35. The van der Waals surface area contributed by atoms with E-state index in [2.05, 4.69) is 4.72 Å². The summed E-state index contributed by atoms with van der Waals surface area (Å²) in [6.45, 7) is 2.96. The molecule has 1 saturated heterocycles. The van der Waals surface area contributed by atoms with Gasteiger partial charge in [-0.05, 0) is 42.0 Å². The Bertz CT molecular complexity index is 1570. The van der Waals surface area contributed by atoms with Gasteiger partial charge in [-0.1, -0.05) is 12.2 Å². The van der Waals surface area contributed by atoms with E-state index in [0.717, 1.165) is 23.8 Å². The largest absolute Gasteiger partial charge is 0.484 e. The number of carbonyl (C=O) groups is 2. The van der Waals surface area contributed by atoms with Crippen molar-refractivity contribution in [3.63, 3.8) is 0 Å². The summed E-state index contributed by atoms with van der Waals surface area (Å²) in [6.07, 6.45) is 4.54. The van der Waals surface area contributed by atoms with Gasteiger partial charge in [-0.3, -0.25) is 14.4 Å². The van der Waals surface area contributed by atoms with Crippen LogP contribution in [0.4, 0.5) is 10.1 Å². The average molecular weight is 557 g/mol.